The van der Waals surface area contributed by atoms with Crippen molar-refractivity contribution in [2.75, 3.05) is 0 Å². The van der Waals surface area contributed by atoms with Crippen LogP contribution in [0.25, 0.3) is 0 Å². The molecule has 1 aliphatic rings. The van der Waals surface area contributed by atoms with Gasteiger partial charge >= 0.3 is 11.7 Å². The van der Waals surface area contributed by atoms with E-state index in [0.29, 0.717) is 10.6 Å². The number of nitro groups is 1. The number of hydrogen-bond acceptors (Lipinski definition) is 7. The smallest absolute Gasteiger partial charge is 0.314 e. The molecule has 2 aromatic rings. The highest BCUT2D eigenvalue weighted by Gasteiger charge is 2.36. The number of nitrogens with zero attached hydrogens (tertiary/aromatic N) is 3. The van der Waals surface area contributed by atoms with Gasteiger partial charge in [0.2, 0.25) is 23.8 Å². The fourth-order valence-electron chi connectivity index (χ4n) is 2.64. The average molecular weight is 438 g/mol. The van der Waals surface area contributed by atoms with Crippen molar-refractivity contribution in [1.82, 2.24) is 5.01 Å². The molecular weight excluding hydrogens is 425 g/mol. The second-order valence-electron chi connectivity index (χ2n) is 5.94. The summed E-state index contributed by atoms with van der Waals surface area (Å²) in [5.74, 6) is -1.77. The lowest BCUT2D eigenvalue weighted by Gasteiger charge is -2.19. The van der Waals surface area contributed by atoms with E-state index >= 15 is 0 Å². The Morgan fingerprint density at radius 3 is 2.38 bits per heavy atom. The van der Waals surface area contributed by atoms with Crippen molar-refractivity contribution in [3.63, 3.8) is 0 Å². The topological polar surface area (TPSA) is 111 Å². The van der Waals surface area contributed by atoms with E-state index in [4.69, 9.17) is 32.7 Å². The number of rotatable bonds is 4. The summed E-state index contributed by atoms with van der Waals surface area (Å²) >= 11 is 11.9. The fraction of sp³-hybridized carbons (Fsp3) is 0.167. The van der Waals surface area contributed by atoms with Crippen LogP contribution in [0.4, 0.5) is 5.69 Å². The number of nitro benzene ring substituents is 1. The first-order valence-electron chi connectivity index (χ1n) is 8.14. The largest absolute Gasteiger partial charge is 0.446 e. The van der Waals surface area contributed by atoms with E-state index in [-0.39, 0.29) is 22.2 Å². The quantitative estimate of drug-likeness (QED) is 0.308. The Morgan fingerprint density at radius 2 is 1.83 bits per heavy atom. The molecule has 3 rings (SSSR count). The minimum absolute atomic E-state index is 0.00165. The van der Waals surface area contributed by atoms with Gasteiger partial charge in [-0.1, -0.05) is 35.3 Å². The van der Waals surface area contributed by atoms with E-state index in [0.717, 1.165) is 18.0 Å². The number of halogens is 2. The van der Waals surface area contributed by atoms with Crippen LogP contribution in [0.2, 0.25) is 10.0 Å². The molecule has 29 heavy (non-hydrogen) atoms. The first kappa shape index (κ1) is 20.6. The second kappa shape index (κ2) is 8.06. The third-order valence-electron chi connectivity index (χ3n) is 3.83. The Kier molecular flexibility index (Phi) is 5.71. The third-order valence-corrected chi connectivity index (χ3v) is 4.30. The van der Waals surface area contributed by atoms with Crippen LogP contribution in [0.15, 0.2) is 41.5 Å². The van der Waals surface area contributed by atoms with E-state index < -0.39 is 28.7 Å². The van der Waals surface area contributed by atoms with Gasteiger partial charge in [0.15, 0.2) is 0 Å². The first-order chi connectivity index (χ1) is 13.7. The molecule has 0 fully saturated rings. The van der Waals surface area contributed by atoms with Gasteiger partial charge in [0.25, 0.3) is 0 Å². The number of amides is 1. The molecule has 9 nitrogen and oxygen atoms in total. The fourth-order valence-corrected chi connectivity index (χ4v) is 2.98. The molecule has 0 saturated heterocycles. The minimum Gasteiger partial charge on any atom is -0.446 e. The van der Waals surface area contributed by atoms with E-state index in [1.807, 2.05) is 0 Å². The van der Waals surface area contributed by atoms with E-state index in [1.165, 1.54) is 13.0 Å². The molecule has 150 valence electrons. The zero-order chi connectivity index (χ0) is 21.3. The lowest BCUT2D eigenvalue weighted by molar-refractivity contribution is -0.385. The predicted molar refractivity (Wildman–Crippen MR) is 104 cm³/mol. The number of hydrazone groups is 1. The number of carbonyl (C=O) groups is 2. The van der Waals surface area contributed by atoms with Crippen LogP contribution in [-0.4, -0.2) is 27.7 Å². The third kappa shape index (κ3) is 4.30. The lowest BCUT2D eigenvalue weighted by atomic mass is 10.1. The van der Waals surface area contributed by atoms with Crippen molar-refractivity contribution in [3.8, 4) is 5.75 Å². The van der Waals surface area contributed by atoms with Gasteiger partial charge in [-0.3, -0.25) is 19.7 Å². The molecule has 1 atom stereocenters. The highest BCUT2D eigenvalue weighted by atomic mass is 35.5. The van der Waals surface area contributed by atoms with Gasteiger partial charge in [0.05, 0.1) is 10.5 Å². The van der Waals surface area contributed by atoms with Crippen LogP contribution in [0.3, 0.4) is 0 Å². The van der Waals surface area contributed by atoms with Crippen molar-refractivity contribution in [2.24, 2.45) is 5.10 Å². The average Bonchev–Trinajstić information content (AvgIpc) is 3.08. The van der Waals surface area contributed by atoms with Crippen molar-refractivity contribution in [2.45, 2.75) is 20.1 Å². The number of hydrogen-bond donors (Lipinski definition) is 0. The van der Waals surface area contributed by atoms with Gasteiger partial charge in [-0.15, -0.1) is 5.10 Å². The Labute approximate surface area is 174 Å². The maximum Gasteiger partial charge on any atom is 0.314 e. The molecule has 0 N–H and O–H groups in total. The molecule has 1 aliphatic heterocycles. The van der Waals surface area contributed by atoms with Crippen LogP contribution >= 0.6 is 23.2 Å². The summed E-state index contributed by atoms with van der Waals surface area (Å²) < 4.78 is 10.8. The summed E-state index contributed by atoms with van der Waals surface area (Å²) in [6.07, 6.45) is -0.942. The van der Waals surface area contributed by atoms with Crippen LogP contribution in [0, 0.1) is 10.1 Å². The molecule has 0 radical (unpaired) electrons. The summed E-state index contributed by atoms with van der Waals surface area (Å²) in [6.45, 7) is 2.38. The normalized spacial score (nSPS) is 15.5. The molecule has 0 aromatic heterocycles. The molecule has 1 amide bonds. The number of carbonyl (C=O) groups excluding carboxylic acids is 2. The summed E-state index contributed by atoms with van der Waals surface area (Å²) in [4.78, 5) is 34.2. The summed E-state index contributed by atoms with van der Waals surface area (Å²) in [7, 11) is 0. The molecule has 11 heteroatoms. The molecule has 0 bridgehead atoms. The van der Waals surface area contributed by atoms with Crippen molar-refractivity contribution >= 4 is 46.7 Å². The lowest BCUT2D eigenvalue weighted by Crippen LogP contribution is -2.25. The minimum atomic E-state index is -0.942. The monoisotopic (exact) mass is 437 g/mol. The van der Waals surface area contributed by atoms with Gasteiger partial charge in [-0.25, -0.2) is 0 Å². The zero-order valence-electron chi connectivity index (χ0n) is 15.1. The Bertz CT molecular complexity index is 1040. The van der Waals surface area contributed by atoms with Gasteiger partial charge in [-0.05, 0) is 18.2 Å². The maximum absolute atomic E-state index is 12.1. The Balaban J connectivity index is 2.11. The van der Waals surface area contributed by atoms with Crippen LogP contribution in [-0.2, 0) is 14.3 Å². The van der Waals surface area contributed by atoms with Crippen LogP contribution in [0.5, 0.6) is 5.75 Å². The van der Waals surface area contributed by atoms with Crippen molar-refractivity contribution in [3.05, 3.63) is 67.7 Å². The van der Waals surface area contributed by atoms with Gasteiger partial charge < -0.3 is 9.47 Å². The molecule has 0 aliphatic carbocycles. The van der Waals surface area contributed by atoms with Crippen LogP contribution < -0.4 is 4.74 Å². The SMILES string of the molecule is CC(=O)Oc1c(C2=NN(C(C)=O)[C@H](c3ccc(Cl)cc3)O2)cc(Cl)cc1[N+](=O)[O-]. The Hall–Kier alpha value is -3.17. The van der Waals surface area contributed by atoms with Crippen molar-refractivity contribution < 1.29 is 24.0 Å². The standard InChI is InChI=1S/C18H13Cl2N3O6/c1-9(24)22-18(11-3-5-12(19)6-4-11)29-17(21-22)14-7-13(20)8-15(23(26)27)16(14)28-10(2)25/h3-8,18H,1-2H3/t18-/m0/s1. The van der Waals surface area contributed by atoms with E-state index in [1.54, 1.807) is 24.3 Å². The number of ether oxygens (including phenoxy) is 2. The second-order valence-corrected chi connectivity index (χ2v) is 6.82. The number of benzene rings is 2. The maximum atomic E-state index is 12.1. The Morgan fingerprint density at radius 1 is 1.17 bits per heavy atom. The molecule has 2 aromatic carbocycles. The van der Waals surface area contributed by atoms with Gasteiger partial charge in [0, 0.05) is 35.5 Å². The molecule has 0 spiro atoms. The molecule has 1 heterocycles. The van der Waals surface area contributed by atoms with Gasteiger partial charge in [-0.2, -0.15) is 5.01 Å². The molecular formula is C18H13Cl2N3O6. The summed E-state index contributed by atoms with van der Waals surface area (Å²) in [6, 6.07) is 8.87. The number of esters is 1. The zero-order valence-corrected chi connectivity index (χ0v) is 16.6. The van der Waals surface area contributed by atoms with Gasteiger partial charge in [0.1, 0.15) is 0 Å². The summed E-state index contributed by atoms with van der Waals surface area (Å²) in [5, 5.41) is 17.1. The summed E-state index contributed by atoms with van der Waals surface area (Å²) in [5.41, 5.74) is -0.0191. The van der Waals surface area contributed by atoms with Crippen molar-refractivity contribution in [1.29, 1.82) is 0 Å². The molecule has 0 unspecified atom stereocenters. The molecule has 0 saturated carbocycles. The van der Waals surface area contributed by atoms with E-state index in [9.17, 15) is 19.7 Å². The van der Waals surface area contributed by atoms with E-state index in [2.05, 4.69) is 5.10 Å². The highest BCUT2D eigenvalue weighted by molar-refractivity contribution is 6.31. The predicted octanol–water partition coefficient (Wildman–Crippen LogP) is 4.07. The van der Waals surface area contributed by atoms with Crippen LogP contribution in [0.1, 0.15) is 31.2 Å². The first-order valence-corrected chi connectivity index (χ1v) is 8.90. The highest BCUT2D eigenvalue weighted by Crippen LogP contribution is 2.39.